The van der Waals surface area contributed by atoms with E-state index in [1.807, 2.05) is 24.3 Å². The van der Waals surface area contributed by atoms with E-state index in [2.05, 4.69) is 22.1 Å². The number of rotatable bonds is 13. The van der Waals surface area contributed by atoms with Crippen LogP contribution in [0.25, 0.3) is 0 Å². The van der Waals surface area contributed by atoms with Crippen molar-refractivity contribution in [3.8, 4) is 0 Å². The van der Waals surface area contributed by atoms with Crippen molar-refractivity contribution in [1.82, 2.24) is 0 Å². The molecular formula is C24H31N3O4S. The Balaban J connectivity index is 1.63. The van der Waals surface area contributed by atoms with Gasteiger partial charge in [-0.1, -0.05) is 25.8 Å². The Bertz CT molecular complexity index is 1010. The molecular weight excluding hydrogens is 426 g/mol. The van der Waals surface area contributed by atoms with E-state index in [1.54, 1.807) is 19.1 Å². The van der Waals surface area contributed by atoms with Gasteiger partial charge in [-0.3, -0.25) is 0 Å². The van der Waals surface area contributed by atoms with Gasteiger partial charge in [-0.15, -0.1) is 0 Å². The standard InChI is InChI=1S/C24H31N3O4S/c1-19(2)24(28)31-18-8-6-4-5-7-17-25-20-9-11-21(12-10-20)26-27-22-13-15-23(16-14-22)32(3,29)30/h9-16,25H,1,4-8,17-18H2,2-3H3. The largest absolute Gasteiger partial charge is 0.462 e. The van der Waals surface area contributed by atoms with Gasteiger partial charge in [0.15, 0.2) is 9.84 Å². The molecule has 0 bridgehead atoms. The van der Waals surface area contributed by atoms with Crippen LogP contribution in [0.3, 0.4) is 0 Å². The van der Waals surface area contributed by atoms with Crippen LogP contribution in [0.5, 0.6) is 0 Å². The van der Waals surface area contributed by atoms with Crippen molar-refractivity contribution in [2.24, 2.45) is 10.2 Å². The number of nitrogens with one attached hydrogen (secondary N) is 1. The molecule has 0 saturated carbocycles. The van der Waals surface area contributed by atoms with Crippen molar-refractivity contribution in [3.63, 3.8) is 0 Å². The van der Waals surface area contributed by atoms with Gasteiger partial charge in [-0.05, 0) is 68.3 Å². The molecule has 172 valence electrons. The first-order valence-electron chi connectivity index (χ1n) is 10.6. The highest BCUT2D eigenvalue weighted by atomic mass is 32.2. The van der Waals surface area contributed by atoms with Crippen LogP contribution in [0, 0.1) is 0 Å². The van der Waals surface area contributed by atoms with Crippen LogP contribution in [-0.2, 0) is 19.4 Å². The molecule has 0 aromatic heterocycles. The summed E-state index contributed by atoms with van der Waals surface area (Å²) < 4.78 is 28.0. The number of carbonyl (C=O) groups excluding carboxylic acids is 1. The van der Waals surface area contributed by atoms with Gasteiger partial charge >= 0.3 is 5.97 Å². The molecule has 0 fully saturated rings. The van der Waals surface area contributed by atoms with Gasteiger partial charge in [0, 0.05) is 24.1 Å². The number of hydrogen-bond donors (Lipinski definition) is 1. The smallest absolute Gasteiger partial charge is 0.333 e. The number of nitrogens with zero attached hydrogens (tertiary/aromatic N) is 2. The molecule has 1 N–H and O–H groups in total. The van der Waals surface area contributed by atoms with Crippen LogP contribution in [0.1, 0.15) is 39.0 Å². The third kappa shape index (κ3) is 9.43. The normalized spacial score (nSPS) is 11.4. The zero-order valence-corrected chi connectivity index (χ0v) is 19.5. The predicted molar refractivity (Wildman–Crippen MR) is 128 cm³/mol. The lowest BCUT2D eigenvalue weighted by atomic mass is 10.1. The average Bonchev–Trinajstić information content (AvgIpc) is 2.76. The molecule has 0 aliphatic heterocycles. The van der Waals surface area contributed by atoms with Gasteiger partial charge in [0.25, 0.3) is 0 Å². The van der Waals surface area contributed by atoms with Crippen molar-refractivity contribution in [1.29, 1.82) is 0 Å². The lowest BCUT2D eigenvalue weighted by Gasteiger charge is -2.07. The highest BCUT2D eigenvalue weighted by Crippen LogP contribution is 2.21. The van der Waals surface area contributed by atoms with Crippen molar-refractivity contribution in [2.75, 3.05) is 24.7 Å². The topological polar surface area (TPSA) is 97.2 Å². The summed E-state index contributed by atoms with van der Waals surface area (Å²) in [7, 11) is -3.21. The van der Waals surface area contributed by atoms with Crippen LogP contribution < -0.4 is 5.32 Å². The number of sulfone groups is 1. The second kappa shape index (κ2) is 12.8. The summed E-state index contributed by atoms with van der Waals surface area (Å²) in [6, 6.07) is 14.0. The minimum atomic E-state index is -3.21. The van der Waals surface area contributed by atoms with E-state index in [0.717, 1.165) is 50.0 Å². The van der Waals surface area contributed by atoms with Gasteiger partial charge < -0.3 is 10.1 Å². The molecule has 0 saturated heterocycles. The maximum absolute atomic E-state index is 11.5. The molecule has 2 rings (SSSR count). The molecule has 0 aliphatic rings. The predicted octanol–water partition coefficient (Wildman–Crippen LogP) is 5.99. The summed E-state index contributed by atoms with van der Waals surface area (Å²) in [5.74, 6) is -0.315. The number of azo groups is 1. The lowest BCUT2D eigenvalue weighted by molar-refractivity contribution is -0.139. The van der Waals surface area contributed by atoms with Crippen molar-refractivity contribution < 1.29 is 17.9 Å². The fraction of sp³-hybridized carbons (Fsp3) is 0.375. The molecule has 0 atom stereocenters. The number of ether oxygens (including phenoxy) is 1. The maximum Gasteiger partial charge on any atom is 0.333 e. The Morgan fingerprint density at radius 3 is 2.00 bits per heavy atom. The fourth-order valence-electron chi connectivity index (χ4n) is 2.80. The third-order valence-corrected chi connectivity index (χ3v) is 5.77. The fourth-order valence-corrected chi connectivity index (χ4v) is 3.43. The quantitative estimate of drug-likeness (QED) is 0.172. The van der Waals surface area contributed by atoms with Crippen molar-refractivity contribution in [3.05, 3.63) is 60.7 Å². The van der Waals surface area contributed by atoms with Crippen LogP contribution in [0.2, 0.25) is 0 Å². The second-order valence-corrected chi connectivity index (χ2v) is 9.64. The monoisotopic (exact) mass is 457 g/mol. The average molecular weight is 458 g/mol. The van der Waals surface area contributed by atoms with E-state index < -0.39 is 9.84 Å². The molecule has 2 aromatic carbocycles. The van der Waals surface area contributed by atoms with Crippen molar-refractivity contribution in [2.45, 2.75) is 43.9 Å². The van der Waals surface area contributed by atoms with E-state index in [4.69, 9.17) is 4.74 Å². The Labute approximate surface area is 190 Å². The van der Waals surface area contributed by atoms with E-state index in [9.17, 15) is 13.2 Å². The van der Waals surface area contributed by atoms with Crippen LogP contribution in [-0.4, -0.2) is 33.8 Å². The Kier molecular flexibility index (Phi) is 10.1. The second-order valence-electron chi connectivity index (χ2n) is 7.62. The van der Waals surface area contributed by atoms with Crippen LogP contribution in [0.15, 0.2) is 75.8 Å². The first kappa shape index (κ1) is 25.3. The summed E-state index contributed by atoms with van der Waals surface area (Å²) in [4.78, 5) is 11.5. The summed E-state index contributed by atoms with van der Waals surface area (Å²) in [6.45, 7) is 6.55. The molecule has 0 aliphatic carbocycles. The number of unbranched alkanes of at least 4 members (excludes halogenated alkanes) is 4. The number of anilines is 1. The highest BCUT2D eigenvalue weighted by Gasteiger charge is 2.05. The van der Waals surface area contributed by atoms with Crippen molar-refractivity contribution >= 4 is 32.9 Å². The Morgan fingerprint density at radius 2 is 1.44 bits per heavy atom. The maximum atomic E-state index is 11.5. The first-order chi connectivity index (χ1) is 15.3. The number of benzene rings is 2. The molecule has 0 amide bonds. The molecule has 2 aromatic rings. The minimum absolute atomic E-state index is 0.260. The summed E-state index contributed by atoms with van der Waals surface area (Å²) >= 11 is 0. The summed E-state index contributed by atoms with van der Waals surface area (Å²) in [5.41, 5.74) is 2.77. The number of carbonyl (C=O) groups is 1. The summed E-state index contributed by atoms with van der Waals surface area (Å²) in [5, 5.41) is 11.7. The van der Waals surface area contributed by atoms with E-state index in [0.29, 0.717) is 17.9 Å². The molecule has 0 radical (unpaired) electrons. The van der Waals surface area contributed by atoms with Gasteiger partial charge in [0.2, 0.25) is 0 Å². The minimum Gasteiger partial charge on any atom is -0.462 e. The van der Waals surface area contributed by atoms with Gasteiger partial charge in [0.05, 0.1) is 22.9 Å². The molecule has 0 heterocycles. The van der Waals surface area contributed by atoms with Gasteiger partial charge in [0.1, 0.15) is 0 Å². The molecule has 0 spiro atoms. The molecule has 8 heteroatoms. The number of esters is 1. The molecule has 32 heavy (non-hydrogen) atoms. The summed E-state index contributed by atoms with van der Waals surface area (Å²) in [6.07, 6.45) is 6.38. The van der Waals surface area contributed by atoms with Crippen LogP contribution in [0.4, 0.5) is 17.1 Å². The lowest BCUT2D eigenvalue weighted by Crippen LogP contribution is -2.06. The van der Waals surface area contributed by atoms with E-state index in [1.165, 1.54) is 18.4 Å². The number of hydrogen-bond acceptors (Lipinski definition) is 7. The SMILES string of the molecule is C=C(C)C(=O)OCCCCCCCNc1ccc(N=Nc2ccc(S(C)(=O)=O)cc2)cc1. The van der Waals surface area contributed by atoms with E-state index in [-0.39, 0.29) is 10.9 Å². The zero-order chi connectivity index (χ0) is 23.4. The Morgan fingerprint density at radius 1 is 0.906 bits per heavy atom. The van der Waals surface area contributed by atoms with Crippen LogP contribution >= 0.6 is 0 Å². The zero-order valence-electron chi connectivity index (χ0n) is 18.7. The third-order valence-electron chi connectivity index (χ3n) is 4.64. The van der Waals surface area contributed by atoms with Gasteiger partial charge in [-0.2, -0.15) is 10.2 Å². The molecule has 7 nitrogen and oxygen atoms in total. The molecule has 0 unspecified atom stereocenters. The first-order valence-corrected chi connectivity index (χ1v) is 12.5. The highest BCUT2D eigenvalue weighted by molar-refractivity contribution is 7.90. The van der Waals surface area contributed by atoms with E-state index >= 15 is 0 Å². The Hall–Kier alpha value is -3.00. The van der Waals surface area contributed by atoms with Gasteiger partial charge in [-0.25, -0.2) is 13.2 Å².